The normalized spacial score (nSPS) is 22.8. The van der Waals surface area contributed by atoms with E-state index in [4.69, 9.17) is 5.73 Å². The van der Waals surface area contributed by atoms with E-state index < -0.39 is 0 Å². The summed E-state index contributed by atoms with van der Waals surface area (Å²) < 4.78 is 0. The third-order valence-corrected chi connectivity index (χ3v) is 4.99. The number of nitrogens with zero attached hydrogens (tertiary/aromatic N) is 1. The number of imide groups is 1. The summed E-state index contributed by atoms with van der Waals surface area (Å²) in [6, 6.07) is 7.22. The van der Waals surface area contributed by atoms with Gasteiger partial charge < -0.3 is 11.1 Å². The van der Waals surface area contributed by atoms with E-state index in [9.17, 15) is 14.4 Å². The first-order valence-electron chi connectivity index (χ1n) is 8.51. The van der Waals surface area contributed by atoms with E-state index in [1.165, 1.54) is 4.90 Å². The third kappa shape index (κ3) is 4.38. The highest BCUT2D eigenvalue weighted by Crippen LogP contribution is 2.25. The second-order valence-electron chi connectivity index (χ2n) is 6.58. The lowest BCUT2D eigenvalue weighted by molar-refractivity contribution is -0.139. The number of carbonyl (C=O) groups excluding carboxylic acids is 3. The van der Waals surface area contributed by atoms with Gasteiger partial charge in [0.2, 0.25) is 11.8 Å². The molecule has 7 heteroatoms. The van der Waals surface area contributed by atoms with Gasteiger partial charge in [0, 0.05) is 24.4 Å². The van der Waals surface area contributed by atoms with Gasteiger partial charge in [-0.15, -0.1) is 12.4 Å². The number of benzene rings is 1. The Hall–Kier alpha value is -1.92. The van der Waals surface area contributed by atoms with Crippen molar-refractivity contribution in [1.29, 1.82) is 0 Å². The highest BCUT2D eigenvalue weighted by molar-refractivity contribution is 6.01. The van der Waals surface area contributed by atoms with Crippen LogP contribution in [0.1, 0.15) is 48.0 Å². The molecule has 0 radical (unpaired) electrons. The van der Waals surface area contributed by atoms with Crippen molar-refractivity contribution in [3.8, 4) is 0 Å². The molecule has 6 nitrogen and oxygen atoms in total. The van der Waals surface area contributed by atoms with Crippen LogP contribution in [0.3, 0.4) is 0 Å². The molecule has 1 aliphatic carbocycles. The van der Waals surface area contributed by atoms with Gasteiger partial charge in [-0.1, -0.05) is 18.6 Å². The topological polar surface area (TPSA) is 92.5 Å². The first kappa shape index (κ1) is 19.4. The maximum absolute atomic E-state index is 12.4. The molecule has 2 fully saturated rings. The fraction of sp³-hybridized carbons (Fsp3) is 0.500. The number of hydrogen-bond donors (Lipinski definition) is 2. The van der Waals surface area contributed by atoms with E-state index in [0.717, 1.165) is 24.8 Å². The van der Waals surface area contributed by atoms with Crippen LogP contribution in [0, 0.1) is 5.92 Å². The summed E-state index contributed by atoms with van der Waals surface area (Å²) in [4.78, 5) is 36.9. The SMILES string of the molecule is Cl.NCC1CCCC1NC(=O)c1ccc(CN2C(=O)CCC2=O)cc1. The zero-order valence-corrected chi connectivity index (χ0v) is 14.9. The molecule has 1 aromatic rings. The van der Waals surface area contributed by atoms with Crippen molar-refractivity contribution < 1.29 is 14.4 Å². The molecule has 1 aliphatic heterocycles. The second-order valence-corrected chi connectivity index (χ2v) is 6.58. The molecule has 0 aromatic heterocycles. The van der Waals surface area contributed by atoms with Gasteiger partial charge in [-0.25, -0.2) is 0 Å². The summed E-state index contributed by atoms with van der Waals surface area (Å²) in [6.07, 6.45) is 3.73. The molecule has 1 saturated carbocycles. The summed E-state index contributed by atoms with van der Waals surface area (Å²) >= 11 is 0. The zero-order valence-electron chi connectivity index (χ0n) is 14.1. The lowest BCUT2D eigenvalue weighted by atomic mass is 10.0. The van der Waals surface area contributed by atoms with Crippen LogP contribution in [0.2, 0.25) is 0 Å². The van der Waals surface area contributed by atoms with Crippen LogP contribution in [0.4, 0.5) is 0 Å². The highest BCUT2D eigenvalue weighted by Gasteiger charge is 2.29. The van der Waals surface area contributed by atoms with E-state index in [1.54, 1.807) is 24.3 Å². The van der Waals surface area contributed by atoms with Gasteiger partial charge >= 0.3 is 0 Å². The summed E-state index contributed by atoms with van der Waals surface area (Å²) in [5.74, 6) is 0.00685. The minimum atomic E-state index is -0.129. The van der Waals surface area contributed by atoms with Crippen molar-refractivity contribution in [3.05, 3.63) is 35.4 Å². The van der Waals surface area contributed by atoms with Crippen LogP contribution in [-0.2, 0) is 16.1 Å². The highest BCUT2D eigenvalue weighted by atomic mass is 35.5. The van der Waals surface area contributed by atoms with E-state index in [2.05, 4.69) is 5.32 Å². The molecular weight excluding hydrogens is 342 g/mol. The number of carbonyl (C=O) groups is 3. The molecule has 0 bridgehead atoms. The predicted octanol–water partition coefficient (Wildman–Crippen LogP) is 1.61. The second kappa shape index (κ2) is 8.45. The number of nitrogens with two attached hydrogens (primary N) is 1. The monoisotopic (exact) mass is 365 g/mol. The summed E-state index contributed by atoms with van der Waals surface area (Å²) in [7, 11) is 0. The quantitative estimate of drug-likeness (QED) is 0.775. The van der Waals surface area contributed by atoms with Crippen molar-refractivity contribution >= 4 is 30.1 Å². The Labute approximate surface area is 153 Å². The summed E-state index contributed by atoms with van der Waals surface area (Å²) in [5, 5.41) is 3.07. The van der Waals surface area contributed by atoms with Crippen LogP contribution in [-0.4, -0.2) is 35.2 Å². The van der Waals surface area contributed by atoms with Gasteiger partial charge in [-0.05, 0) is 43.0 Å². The molecule has 3 amide bonds. The van der Waals surface area contributed by atoms with Crippen LogP contribution in [0.25, 0.3) is 0 Å². The van der Waals surface area contributed by atoms with Crippen molar-refractivity contribution in [2.45, 2.75) is 44.7 Å². The molecule has 3 rings (SSSR count). The summed E-state index contributed by atoms with van der Waals surface area (Å²) in [6.45, 7) is 0.874. The van der Waals surface area contributed by atoms with E-state index >= 15 is 0 Å². The Kier molecular flexibility index (Phi) is 6.56. The number of rotatable bonds is 5. The number of hydrogen-bond acceptors (Lipinski definition) is 4. The average molecular weight is 366 g/mol. The van der Waals surface area contributed by atoms with Gasteiger partial charge in [0.1, 0.15) is 0 Å². The Morgan fingerprint density at radius 1 is 1.12 bits per heavy atom. The molecule has 2 atom stereocenters. The average Bonchev–Trinajstić information content (AvgIpc) is 3.16. The van der Waals surface area contributed by atoms with Crippen molar-refractivity contribution in [2.24, 2.45) is 11.7 Å². The molecule has 136 valence electrons. The van der Waals surface area contributed by atoms with Crippen LogP contribution >= 0.6 is 12.4 Å². The zero-order chi connectivity index (χ0) is 17.1. The van der Waals surface area contributed by atoms with Gasteiger partial charge in [-0.2, -0.15) is 0 Å². The number of likely N-dealkylation sites (tertiary alicyclic amines) is 1. The first-order chi connectivity index (χ1) is 11.6. The molecule has 25 heavy (non-hydrogen) atoms. The van der Waals surface area contributed by atoms with Gasteiger partial charge in [0.05, 0.1) is 6.54 Å². The maximum Gasteiger partial charge on any atom is 0.251 e. The Morgan fingerprint density at radius 3 is 2.36 bits per heavy atom. The molecule has 2 aliphatic rings. The van der Waals surface area contributed by atoms with Crippen LogP contribution in [0.5, 0.6) is 0 Å². The van der Waals surface area contributed by atoms with Crippen molar-refractivity contribution in [3.63, 3.8) is 0 Å². The fourth-order valence-electron chi connectivity index (χ4n) is 3.50. The predicted molar refractivity (Wildman–Crippen MR) is 96.1 cm³/mol. The lowest BCUT2D eigenvalue weighted by Crippen LogP contribution is -2.39. The lowest BCUT2D eigenvalue weighted by Gasteiger charge is -2.19. The van der Waals surface area contributed by atoms with Gasteiger partial charge in [0.25, 0.3) is 5.91 Å². The van der Waals surface area contributed by atoms with E-state index in [-0.39, 0.29) is 42.7 Å². The molecule has 0 spiro atoms. The first-order valence-corrected chi connectivity index (χ1v) is 8.51. The van der Waals surface area contributed by atoms with E-state index in [1.807, 2.05) is 0 Å². The molecule has 1 saturated heterocycles. The standard InChI is InChI=1S/C18H23N3O3.ClH/c19-10-14-2-1-3-15(14)20-18(24)13-6-4-12(5-7-13)11-21-16(22)8-9-17(21)23;/h4-7,14-15H,1-3,8-11,19H2,(H,20,24);1H. The maximum atomic E-state index is 12.4. The molecular formula is C18H24ClN3O3. The fourth-order valence-corrected chi connectivity index (χ4v) is 3.50. The number of nitrogens with one attached hydrogen (secondary N) is 1. The van der Waals surface area contributed by atoms with E-state index in [0.29, 0.717) is 30.9 Å². The number of amides is 3. The van der Waals surface area contributed by atoms with Crippen molar-refractivity contribution in [2.75, 3.05) is 6.54 Å². The molecule has 3 N–H and O–H groups in total. The minimum absolute atomic E-state index is 0. The summed E-state index contributed by atoms with van der Waals surface area (Å²) in [5.41, 5.74) is 7.17. The molecule has 2 unspecified atom stereocenters. The molecule has 1 aromatic carbocycles. The third-order valence-electron chi connectivity index (χ3n) is 4.99. The largest absolute Gasteiger partial charge is 0.349 e. The van der Waals surface area contributed by atoms with Gasteiger partial charge in [0.15, 0.2) is 0 Å². The minimum Gasteiger partial charge on any atom is -0.349 e. The van der Waals surface area contributed by atoms with Crippen LogP contribution < -0.4 is 11.1 Å². The molecule has 1 heterocycles. The smallest absolute Gasteiger partial charge is 0.251 e. The number of halogens is 1. The van der Waals surface area contributed by atoms with Gasteiger partial charge in [-0.3, -0.25) is 19.3 Å². The Bertz CT molecular complexity index is 631. The van der Waals surface area contributed by atoms with Crippen LogP contribution in [0.15, 0.2) is 24.3 Å². The van der Waals surface area contributed by atoms with Crippen molar-refractivity contribution in [1.82, 2.24) is 10.2 Å². The Morgan fingerprint density at radius 2 is 1.76 bits per heavy atom. The Balaban J connectivity index is 0.00000225.